The van der Waals surface area contributed by atoms with Crippen LogP contribution in [-0.2, 0) is 12.6 Å². The van der Waals surface area contributed by atoms with Crippen LogP contribution in [0.2, 0.25) is 5.02 Å². The summed E-state index contributed by atoms with van der Waals surface area (Å²) in [5.74, 6) is 0. The Morgan fingerprint density at radius 1 is 1.04 bits per heavy atom. The van der Waals surface area contributed by atoms with Gasteiger partial charge < -0.3 is 5.32 Å². The van der Waals surface area contributed by atoms with Crippen LogP contribution in [-0.4, -0.2) is 10.2 Å². The maximum Gasteiger partial charge on any atom is 0.417 e. The number of hydrogen-bond acceptors (Lipinski definition) is 4. The molecular formula is C16H11ClF3N3S. The van der Waals surface area contributed by atoms with Crippen LogP contribution >= 0.6 is 22.9 Å². The summed E-state index contributed by atoms with van der Waals surface area (Å²) in [6, 6.07) is 11.4. The average molecular weight is 370 g/mol. The van der Waals surface area contributed by atoms with Gasteiger partial charge in [0.25, 0.3) is 0 Å². The first kappa shape index (κ1) is 16.7. The Bertz CT molecular complexity index is 818. The molecule has 0 bridgehead atoms. The highest BCUT2D eigenvalue weighted by Crippen LogP contribution is 2.35. The molecule has 0 amide bonds. The molecule has 0 radical (unpaired) electrons. The van der Waals surface area contributed by atoms with E-state index in [0.29, 0.717) is 17.1 Å². The van der Waals surface area contributed by atoms with Crippen molar-refractivity contribution in [3.05, 3.63) is 69.7 Å². The van der Waals surface area contributed by atoms with Crippen LogP contribution in [0.5, 0.6) is 0 Å². The Balaban J connectivity index is 1.74. The molecule has 3 rings (SSSR count). The molecule has 24 heavy (non-hydrogen) atoms. The molecule has 0 saturated carbocycles. The van der Waals surface area contributed by atoms with Crippen LogP contribution in [0.3, 0.4) is 0 Å². The fourth-order valence-electron chi connectivity index (χ4n) is 2.19. The van der Waals surface area contributed by atoms with Crippen molar-refractivity contribution in [1.82, 2.24) is 10.2 Å². The summed E-state index contributed by atoms with van der Waals surface area (Å²) in [6.45, 7) is 0. The molecule has 1 aromatic heterocycles. The third-order valence-electron chi connectivity index (χ3n) is 3.31. The summed E-state index contributed by atoms with van der Waals surface area (Å²) < 4.78 is 38.7. The largest absolute Gasteiger partial charge is 0.417 e. The zero-order valence-corrected chi connectivity index (χ0v) is 13.7. The van der Waals surface area contributed by atoms with Gasteiger partial charge >= 0.3 is 6.18 Å². The molecule has 0 aliphatic rings. The molecule has 0 fully saturated rings. The summed E-state index contributed by atoms with van der Waals surface area (Å²) in [5.41, 5.74) is 3.10. The van der Waals surface area contributed by atoms with Crippen LogP contribution in [0.1, 0.15) is 16.7 Å². The van der Waals surface area contributed by atoms with Crippen LogP contribution in [0.4, 0.5) is 24.0 Å². The van der Waals surface area contributed by atoms with Gasteiger partial charge in [-0.2, -0.15) is 13.2 Å². The molecule has 8 heteroatoms. The molecule has 3 nitrogen and oxygen atoms in total. The first-order valence-electron chi connectivity index (χ1n) is 6.89. The molecule has 124 valence electrons. The zero-order valence-electron chi connectivity index (χ0n) is 12.1. The van der Waals surface area contributed by atoms with E-state index in [1.807, 2.05) is 24.3 Å². The fraction of sp³-hybridized carbons (Fsp3) is 0.125. The number of alkyl halides is 3. The van der Waals surface area contributed by atoms with Crippen molar-refractivity contribution in [2.24, 2.45) is 0 Å². The quantitative estimate of drug-likeness (QED) is 0.655. The lowest BCUT2D eigenvalue weighted by atomic mass is 10.0. The van der Waals surface area contributed by atoms with Gasteiger partial charge in [0.05, 0.1) is 10.6 Å². The molecule has 0 spiro atoms. The van der Waals surface area contributed by atoms with Crippen LogP contribution in [0.25, 0.3) is 0 Å². The predicted octanol–water partition coefficient (Wildman–Crippen LogP) is 5.54. The average Bonchev–Trinajstić information content (AvgIpc) is 3.03. The van der Waals surface area contributed by atoms with E-state index >= 15 is 0 Å². The minimum atomic E-state index is -4.46. The molecule has 0 aliphatic heterocycles. The van der Waals surface area contributed by atoms with Gasteiger partial charge in [-0.1, -0.05) is 41.1 Å². The summed E-state index contributed by atoms with van der Waals surface area (Å²) in [7, 11) is 0. The normalized spacial score (nSPS) is 11.5. The smallest absolute Gasteiger partial charge is 0.330 e. The number of halogens is 4. The molecular weight excluding hydrogens is 359 g/mol. The second-order valence-corrected chi connectivity index (χ2v) is 6.29. The van der Waals surface area contributed by atoms with Gasteiger partial charge in [-0.25, -0.2) is 0 Å². The fourth-order valence-corrected chi connectivity index (χ4v) is 2.88. The number of benzene rings is 2. The number of nitrogens with zero attached hydrogens (tertiary/aromatic N) is 2. The van der Waals surface area contributed by atoms with E-state index in [1.54, 1.807) is 11.6 Å². The van der Waals surface area contributed by atoms with E-state index < -0.39 is 11.7 Å². The van der Waals surface area contributed by atoms with Gasteiger partial charge in [0.15, 0.2) is 0 Å². The molecule has 3 aromatic rings. The monoisotopic (exact) mass is 369 g/mol. The lowest BCUT2D eigenvalue weighted by Crippen LogP contribution is -2.06. The maximum absolute atomic E-state index is 12.9. The van der Waals surface area contributed by atoms with Crippen molar-refractivity contribution in [1.29, 1.82) is 0 Å². The molecule has 0 saturated heterocycles. The lowest BCUT2D eigenvalue weighted by molar-refractivity contribution is -0.137. The van der Waals surface area contributed by atoms with Gasteiger partial charge in [0.2, 0.25) is 5.13 Å². The number of nitrogens with one attached hydrogen (secondary N) is 1. The topological polar surface area (TPSA) is 37.8 Å². The Kier molecular flexibility index (Phi) is 4.73. The van der Waals surface area contributed by atoms with Gasteiger partial charge in [-0.15, -0.1) is 10.2 Å². The van der Waals surface area contributed by atoms with Crippen molar-refractivity contribution in [2.75, 3.05) is 5.32 Å². The van der Waals surface area contributed by atoms with E-state index in [9.17, 15) is 13.2 Å². The summed E-state index contributed by atoms with van der Waals surface area (Å²) in [6.07, 6.45) is -4.07. The summed E-state index contributed by atoms with van der Waals surface area (Å²) >= 11 is 7.01. The van der Waals surface area contributed by atoms with Crippen LogP contribution in [0, 0.1) is 0 Å². The van der Waals surface area contributed by atoms with E-state index in [0.717, 1.165) is 17.3 Å². The zero-order chi connectivity index (χ0) is 17.2. The Morgan fingerprint density at radius 2 is 1.75 bits per heavy atom. The second kappa shape index (κ2) is 6.78. The highest BCUT2D eigenvalue weighted by molar-refractivity contribution is 7.13. The number of aromatic nitrogens is 2. The van der Waals surface area contributed by atoms with E-state index in [2.05, 4.69) is 15.5 Å². The molecule has 2 aromatic carbocycles. The Morgan fingerprint density at radius 3 is 2.38 bits per heavy atom. The van der Waals surface area contributed by atoms with Gasteiger partial charge in [0.1, 0.15) is 5.51 Å². The standard InChI is InChI=1S/C16H11ClF3N3S/c17-14-6-3-11(8-13(14)16(18,19)20)7-10-1-4-12(5-2-10)22-15-23-21-9-24-15/h1-6,8-9H,7H2,(H,22,23). The molecule has 1 heterocycles. The first-order chi connectivity index (χ1) is 11.4. The highest BCUT2D eigenvalue weighted by atomic mass is 35.5. The second-order valence-electron chi connectivity index (χ2n) is 5.05. The molecule has 0 atom stereocenters. The third-order valence-corrected chi connectivity index (χ3v) is 4.25. The minimum absolute atomic E-state index is 0.289. The number of hydrogen-bond donors (Lipinski definition) is 1. The van der Waals surface area contributed by atoms with Crippen LogP contribution in [0.15, 0.2) is 48.0 Å². The number of anilines is 2. The lowest BCUT2D eigenvalue weighted by Gasteiger charge is -2.11. The maximum atomic E-state index is 12.9. The molecule has 1 N–H and O–H groups in total. The predicted molar refractivity (Wildman–Crippen MR) is 88.9 cm³/mol. The van der Waals surface area contributed by atoms with Gasteiger partial charge in [-0.3, -0.25) is 0 Å². The SMILES string of the molecule is FC(F)(F)c1cc(Cc2ccc(Nc3nncs3)cc2)ccc1Cl. The van der Waals surface area contributed by atoms with Crippen LogP contribution < -0.4 is 5.32 Å². The highest BCUT2D eigenvalue weighted by Gasteiger charge is 2.33. The van der Waals surface area contributed by atoms with Crippen molar-refractivity contribution in [2.45, 2.75) is 12.6 Å². The summed E-state index contributed by atoms with van der Waals surface area (Å²) in [4.78, 5) is 0. The molecule has 0 unspecified atom stereocenters. The van der Waals surface area contributed by atoms with E-state index in [1.165, 1.54) is 17.4 Å². The van der Waals surface area contributed by atoms with Crippen molar-refractivity contribution < 1.29 is 13.2 Å². The third kappa shape index (κ3) is 4.04. The van der Waals surface area contributed by atoms with Gasteiger partial charge in [-0.05, 0) is 41.8 Å². The van der Waals surface area contributed by atoms with E-state index in [4.69, 9.17) is 11.6 Å². The Hall–Kier alpha value is -2.12. The van der Waals surface area contributed by atoms with Gasteiger partial charge in [0, 0.05) is 5.69 Å². The molecule has 0 aliphatic carbocycles. The Labute approximate surface area is 145 Å². The van der Waals surface area contributed by atoms with E-state index in [-0.39, 0.29) is 5.02 Å². The summed E-state index contributed by atoms with van der Waals surface area (Å²) in [5, 5.41) is 11.1. The first-order valence-corrected chi connectivity index (χ1v) is 8.15. The van der Waals surface area contributed by atoms with Crippen molar-refractivity contribution in [3.8, 4) is 0 Å². The number of rotatable bonds is 4. The minimum Gasteiger partial charge on any atom is -0.330 e. The van der Waals surface area contributed by atoms with Crippen molar-refractivity contribution in [3.63, 3.8) is 0 Å². The van der Waals surface area contributed by atoms with Crippen molar-refractivity contribution >= 4 is 33.8 Å².